The molecule has 2 amide bonds. The van der Waals surface area contributed by atoms with E-state index in [0.29, 0.717) is 19.5 Å². The smallest absolute Gasteiger partial charge is 0.242 e. The molecule has 1 aromatic carbocycles. The molecule has 2 heterocycles. The van der Waals surface area contributed by atoms with Crippen molar-refractivity contribution in [2.24, 2.45) is 0 Å². The molecule has 3 aromatic rings. The van der Waals surface area contributed by atoms with Crippen LogP contribution >= 0.6 is 22.7 Å². The van der Waals surface area contributed by atoms with E-state index < -0.39 is 0 Å². The molecule has 1 aliphatic rings. The molecule has 2 aromatic heterocycles. The van der Waals surface area contributed by atoms with Crippen molar-refractivity contribution in [3.8, 4) is 0 Å². The monoisotopic (exact) mass is 438 g/mol. The van der Waals surface area contributed by atoms with Crippen molar-refractivity contribution >= 4 is 34.5 Å². The minimum Gasteiger partial charge on any atom is -0.332 e. The van der Waals surface area contributed by atoms with E-state index in [1.165, 1.54) is 10.4 Å². The van der Waals surface area contributed by atoms with Gasteiger partial charge in [-0.3, -0.25) is 9.59 Å². The molecule has 6 heteroatoms. The van der Waals surface area contributed by atoms with Gasteiger partial charge >= 0.3 is 0 Å². The highest BCUT2D eigenvalue weighted by atomic mass is 32.1. The number of benzene rings is 1. The molecule has 0 unspecified atom stereocenters. The Labute approximate surface area is 185 Å². The van der Waals surface area contributed by atoms with E-state index in [-0.39, 0.29) is 24.4 Å². The van der Waals surface area contributed by atoms with Crippen LogP contribution in [0.1, 0.15) is 33.7 Å². The predicted molar refractivity (Wildman–Crippen MR) is 123 cm³/mol. The van der Waals surface area contributed by atoms with Crippen molar-refractivity contribution in [3.05, 3.63) is 80.2 Å². The summed E-state index contributed by atoms with van der Waals surface area (Å²) in [5.74, 6) is 0.0679. The van der Waals surface area contributed by atoms with Gasteiger partial charge < -0.3 is 9.80 Å². The van der Waals surface area contributed by atoms with Crippen molar-refractivity contribution < 1.29 is 9.59 Å². The number of hydrogen-bond acceptors (Lipinski definition) is 4. The van der Waals surface area contributed by atoms with Crippen LogP contribution in [0.25, 0.3) is 0 Å². The summed E-state index contributed by atoms with van der Waals surface area (Å²) in [4.78, 5) is 32.3. The summed E-state index contributed by atoms with van der Waals surface area (Å²) < 4.78 is 0. The fraction of sp³-hybridized carbons (Fsp3) is 0.333. The lowest BCUT2D eigenvalue weighted by molar-refractivity contribution is -0.141. The molecule has 4 rings (SSSR count). The molecule has 0 spiro atoms. The zero-order valence-electron chi connectivity index (χ0n) is 17.1. The first-order valence-corrected chi connectivity index (χ1v) is 12.0. The van der Waals surface area contributed by atoms with Gasteiger partial charge in [0.2, 0.25) is 11.8 Å². The van der Waals surface area contributed by atoms with Crippen LogP contribution in [0.4, 0.5) is 0 Å². The second kappa shape index (κ2) is 9.58. The molecule has 0 aliphatic heterocycles. The van der Waals surface area contributed by atoms with E-state index in [1.807, 2.05) is 52.7 Å². The van der Waals surface area contributed by atoms with Crippen molar-refractivity contribution in [2.45, 2.75) is 45.3 Å². The van der Waals surface area contributed by atoms with E-state index in [1.54, 1.807) is 27.6 Å². The highest BCUT2D eigenvalue weighted by molar-refractivity contribution is 7.10. The Balaban J connectivity index is 1.49. The maximum absolute atomic E-state index is 13.4. The topological polar surface area (TPSA) is 40.6 Å². The van der Waals surface area contributed by atoms with Crippen LogP contribution in [0.3, 0.4) is 0 Å². The van der Waals surface area contributed by atoms with E-state index in [9.17, 15) is 9.59 Å². The number of nitrogens with zero attached hydrogens (tertiary/aromatic N) is 2. The largest absolute Gasteiger partial charge is 0.332 e. The second-order valence-corrected chi connectivity index (χ2v) is 9.80. The Bertz CT molecular complexity index is 978. The molecule has 0 radical (unpaired) electrons. The molecule has 0 bridgehead atoms. The highest BCUT2D eigenvalue weighted by Crippen LogP contribution is 2.28. The summed E-state index contributed by atoms with van der Waals surface area (Å²) in [7, 11) is 0. The SMILES string of the molecule is Cc1ccsc1CN(Cc1ccccc1)C(=O)CN(C(=O)Cc1cccs1)C1CC1. The van der Waals surface area contributed by atoms with Crippen LogP contribution in [-0.2, 0) is 29.1 Å². The number of rotatable bonds is 9. The van der Waals surface area contributed by atoms with Crippen molar-refractivity contribution in [1.82, 2.24) is 9.80 Å². The van der Waals surface area contributed by atoms with Crippen LogP contribution in [0.15, 0.2) is 59.3 Å². The molecule has 0 N–H and O–H groups in total. The molecule has 1 aliphatic carbocycles. The molecular weight excluding hydrogens is 412 g/mol. The third-order valence-electron chi connectivity index (χ3n) is 5.39. The number of aryl methyl sites for hydroxylation is 1. The van der Waals surface area contributed by atoms with Crippen LogP contribution < -0.4 is 0 Å². The minimum absolute atomic E-state index is 0.0121. The fourth-order valence-electron chi connectivity index (χ4n) is 3.49. The van der Waals surface area contributed by atoms with E-state index >= 15 is 0 Å². The third-order valence-corrected chi connectivity index (χ3v) is 7.27. The molecule has 1 saturated carbocycles. The van der Waals surface area contributed by atoms with Gasteiger partial charge in [-0.05, 0) is 53.8 Å². The highest BCUT2D eigenvalue weighted by Gasteiger charge is 2.34. The number of carbonyl (C=O) groups excluding carboxylic acids is 2. The molecule has 0 atom stereocenters. The molecule has 156 valence electrons. The molecule has 4 nitrogen and oxygen atoms in total. The summed E-state index contributed by atoms with van der Waals surface area (Å²) in [5, 5.41) is 4.05. The Kier molecular flexibility index (Phi) is 6.65. The second-order valence-electron chi connectivity index (χ2n) is 7.77. The Morgan fingerprint density at radius 2 is 1.73 bits per heavy atom. The molecule has 1 fully saturated rings. The van der Waals surface area contributed by atoms with Crippen LogP contribution in [-0.4, -0.2) is 34.2 Å². The standard InChI is InChI=1S/C24H26N2O2S2/c1-18-11-13-30-22(18)16-25(15-19-6-3-2-4-7-19)24(28)17-26(20-9-10-20)23(27)14-21-8-5-12-29-21/h2-8,11-13,20H,9-10,14-17H2,1H3. The lowest BCUT2D eigenvalue weighted by Gasteiger charge is -2.28. The van der Waals surface area contributed by atoms with Gasteiger partial charge in [-0.1, -0.05) is 36.4 Å². The van der Waals surface area contributed by atoms with Crippen LogP contribution in [0, 0.1) is 6.92 Å². The summed E-state index contributed by atoms with van der Waals surface area (Å²) in [6.45, 7) is 3.37. The Morgan fingerprint density at radius 1 is 0.933 bits per heavy atom. The van der Waals surface area contributed by atoms with Crippen LogP contribution in [0.5, 0.6) is 0 Å². The maximum atomic E-state index is 13.4. The third kappa shape index (κ3) is 5.37. The summed E-state index contributed by atoms with van der Waals surface area (Å²) >= 11 is 3.27. The van der Waals surface area contributed by atoms with Gasteiger partial charge in [-0.25, -0.2) is 0 Å². The summed E-state index contributed by atoms with van der Waals surface area (Å²) in [5.41, 5.74) is 2.31. The molecule has 30 heavy (non-hydrogen) atoms. The van der Waals surface area contributed by atoms with Gasteiger partial charge in [0.05, 0.1) is 13.0 Å². The predicted octanol–water partition coefficient (Wildman–Crippen LogP) is 4.88. The first kappa shape index (κ1) is 20.8. The molecule has 0 saturated heterocycles. The minimum atomic E-state index is 0.0121. The average Bonchev–Trinajstić information content (AvgIpc) is 3.31. The zero-order chi connectivity index (χ0) is 20.9. The van der Waals surface area contributed by atoms with Gasteiger partial charge in [0.1, 0.15) is 6.54 Å². The van der Waals surface area contributed by atoms with Crippen molar-refractivity contribution in [2.75, 3.05) is 6.54 Å². The number of carbonyl (C=O) groups is 2. The zero-order valence-corrected chi connectivity index (χ0v) is 18.8. The van der Waals surface area contributed by atoms with E-state index in [2.05, 4.69) is 18.4 Å². The normalized spacial score (nSPS) is 13.2. The van der Waals surface area contributed by atoms with Gasteiger partial charge in [-0.15, -0.1) is 22.7 Å². The lowest BCUT2D eigenvalue weighted by Crippen LogP contribution is -2.44. The number of amides is 2. The average molecular weight is 439 g/mol. The quantitative estimate of drug-likeness (QED) is 0.478. The summed E-state index contributed by atoms with van der Waals surface area (Å²) in [6, 6.07) is 16.3. The van der Waals surface area contributed by atoms with Crippen molar-refractivity contribution in [1.29, 1.82) is 0 Å². The van der Waals surface area contributed by atoms with Crippen LogP contribution in [0.2, 0.25) is 0 Å². The maximum Gasteiger partial charge on any atom is 0.242 e. The van der Waals surface area contributed by atoms with Crippen molar-refractivity contribution in [3.63, 3.8) is 0 Å². The molecular formula is C24H26N2O2S2. The number of hydrogen-bond donors (Lipinski definition) is 0. The first-order valence-electron chi connectivity index (χ1n) is 10.3. The van der Waals surface area contributed by atoms with Gasteiger partial charge in [-0.2, -0.15) is 0 Å². The van der Waals surface area contributed by atoms with Gasteiger partial charge in [0.25, 0.3) is 0 Å². The number of thiophene rings is 2. The first-order chi connectivity index (χ1) is 14.6. The Hall–Kier alpha value is -2.44. The lowest BCUT2D eigenvalue weighted by atomic mass is 10.2. The van der Waals surface area contributed by atoms with Gasteiger partial charge in [0, 0.05) is 22.3 Å². The van der Waals surface area contributed by atoms with E-state index in [0.717, 1.165) is 23.3 Å². The van der Waals surface area contributed by atoms with Gasteiger partial charge in [0.15, 0.2) is 0 Å². The fourth-order valence-corrected chi connectivity index (χ4v) is 5.11. The Morgan fingerprint density at radius 3 is 2.37 bits per heavy atom. The van der Waals surface area contributed by atoms with E-state index in [4.69, 9.17) is 0 Å². The summed E-state index contributed by atoms with van der Waals surface area (Å²) in [6.07, 6.45) is 2.36.